The van der Waals surface area contributed by atoms with Crippen molar-refractivity contribution in [3.05, 3.63) is 59.2 Å². The van der Waals surface area contributed by atoms with Gasteiger partial charge in [-0.05, 0) is 48.2 Å². The number of ether oxygens (including phenoxy) is 1. The number of amides is 2. The van der Waals surface area contributed by atoms with Gasteiger partial charge < -0.3 is 15.0 Å². The summed E-state index contributed by atoms with van der Waals surface area (Å²) >= 11 is 0. The van der Waals surface area contributed by atoms with Crippen LogP contribution < -0.4 is 10.1 Å². The van der Waals surface area contributed by atoms with Crippen LogP contribution in [-0.2, 0) is 21.4 Å². The van der Waals surface area contributed by atoms with Crippen LogP contribution in [0.5, 0.6) is 5.75 Å². The Morgan fingerprint density at radius 2 is 2.08 bits per heavy atom. The molecule has 0 bridgehead atoms. The van der Waals surface area contributed by atoms with Crippen molar-refractivity contribution in [2.45, 2.75) is 25.2 Å². The van der Waals surface area contributed by atoms with Crippen molar-refractivity contribution in [2.24, 2.45) is 0 Å². The summed E-state index contributed by atoms with van der Waals surface area (Å²) in [5.41, 5.74) is 3.25. The van der Waals surface area contributed by atoms with Gasteiger partial charge in [-0.25, -0.2) is 0 Å². The Kier molecular flexibility index (Phi) is 3.94. The first-order valence-electron chi connectivity index (χ1n) is 8.86. The molecule has 0 aliphatic carbocycles. The number of fused-ring (bicyclic) bond motifs is 2. The highest BCUT2D eigenvalue weighted by molar-refractivity contribution is 6.07. The number of carbonyl (C=O) groups excluding carboxylic acids is 2. The van der Waals surface area contributed by atoms with Crippen molar-refractivity contribution < 1.29 is 14.3 Å². The molecule has 2 aromatic carbocycles. The lowest BCUT2D eigenvalue weighted by atomic mass is 9.81. The average Bonchev–Trinajstić information content (AvgIpc) is 3.20. The number of aryl methyl sites for hydroxylation is 1. The molecule has 134 valence electrons. The maximum absolute atomic E-state index is 12.8. The molecule has 0 unspecified atom stereocenters. The van der Waals surface area contributed by atoms with Crippen molar-refractivity contribution in [1.82, 2.24) is 4.90 Å². The number of hydrogen-bond acceptors (Lipinski definition) is 3. The van der Waals surface area contributed by atoms with E-state index in [0.29, 0.717) is 25.9 Å². The molecular weight excluding hydrogens is 328 g/mol. The van der Waals surface area contributed by atoms with Gasteiger partial charge in [0.05, 0.1) is 18.9 Å². The third-order valence-electron chi connectivity index (χ3n) is 5.65. The molecular formula is C21H22N2O3. The summed E-state index contributed by atoms with van der Waals surface area (Å²) in [6, 6.07) is 13.6. The summed E-state index contributed by atoms with van der Waals surface area (Å²) in [5, 5.41) is 2.97. The van der Waals surface area contributed by atoms with E-state index in [1.807, 2.05) is 54.3 Å². The van der Waals surface area contributed by atoms with Crippen LogP contribution >= 0.6 is 0 Å². The van der Waals surface area contributed by atoms with E-state index >= 15 is 0 Å². The largest absolute Gasteiger partial charge is 0.497 e. The fourth-order valence-electron chi connectivity index (χ4n) is 4.03. The number of benzene rings is 2. The summed E-state index contributed by atoms with van der Waals surface area (Å²) in [7, 11) is 1.62. The molecule has 2 aliphatic rings. The van der Waals surface area contributed by atoms with Crippen LogP contribution in [0.3, 0.4) is 0 Å². The van der Waals surface area contributed by atoms with Gasteiger partial charge in [-0.3, -0.25) is 9.59 Å². The second-order valence-electron chi connectivity index (χ2n) is 7.12. The van der Waals surface area contributed by atoms with Crippen LogP contribution in [0.4, 0.5) is 5.69 Å². The SMILES string of the molecule is COc1ccc2c(c1)[C@@]1(CCN(C(=O)Cc3ccccc3C)C1)C(=O)N2. The summed E-state index contributed by atoms with van der Waals surface area (Å²) in [4.78, 5) is 27.4. The van der Waals surface area contributed by atoms with Gasteiger partial charge in [-0.15, -0.1) is 0 Å². The second kappa shape index (κ2) is 6.16. The minimum absolute atomic E-state index is 0.0213. The maximum atomic E-state index is 12.8. The van der Waals surface area contributed by atoms with Crippen LogP contribution in [0.25, 0.3) is 0 Å². The molecule has 5 nitrogen and oxygen atoms in total. The Morgan fingerprint density at radius 1 is 1.27 bits per heavy atom. The topological polar surface area (TPSA) is 58.6 Å². The third kappa shape index (κ3) is 2.55. The molecule has 26 heavy (non-hydrogen) atoms. The highest BCUT2D eigenvalue weighted by Gasteiger charge is 2.52. The van der Waals surface area contributed by atoms with Crippen LogP contribution in [0.2, 0.25) is 0 Å². The van der Waals surface area contributed by atoms with Crippen molar-refractivity contribution in [3.63, 3.8) is 0 Å². The number of anilines is 1. The number of hydrogen-bond donors (Lipinski definition) is 1. The first-order chi connectivity index (χ1) is 12.5. The Hall–Kier alpha value is -2.82. The lowest BCUT2D eigenvalue weighted by Crippen LogP contribution is -2.39. The quantitative estimate of drug-likeness (QED) is 0.926. The third-order valence-corrected chi connectivity index (χ3v) is 5.65. The highest BCUT2D eigenvalue weighted by Crippen LogP contribution is 2.45. The van der Waals surface area contributed by atoms with Gasteiger partial charge in [0.25, 0.3) is 0 Å². The van der Waals surface area contributed by atoms with E-state index in [4.69, 9.17) is 4.74 Å². The molecule has 2 aromatic rings. The Morgan fingerprint density at radius 3 is 2.85 bits per heavy atom. The molecule has 1 fully saturated rings. The minimum atomic E-state index is -0.661. The van der Waals surface area contributed by atoms with E-state index < -0.39 is 5.41 Å². The average molecular weight is 350 g/mol. The summed E-state index contributed by atoms with van der Waals surface area (Å²) in [5.74, 6) is 0.775. The number of nitrogens with one attached hydrogen (secondary N) is 1. The lowest BCUT2D eigenvalue weighted by molar-refractivity contribution is -0.129. The molecule has 4 rings (SSSR count). The standard InChI is InChI=1S/C21H22N2O3/c1-14-5-3-4-6-15(14)11-19(24)23-10-9-21(13-23)17-12-16(26-2)7-8-18(17)22-20(21)25/h3-8,12H,9-11,13H2,1-2H3,(H,22,25)/t21-/m0/s1. The Labute approximate surface area is 153 Å². The zero-order valence-corrected chi connectivity index (χ0v) is 15.0. The molecule has 5 heteroatoms. The van der Waals surface area contributed by atoms with Gasteiger partial charge in [-0.1, -0.05) is 24.3 Å². The Balaban J connectivity index is 1.58. The summed E-state index contributed by atoms with van der Waals surface area (Å²) < 4.78 is 5.32. The van der Waals surface area contributed by atoms with Crippen LogP contribution in [0, 0.1) is 6.92 Å². The zero-order valence-electron chi connectivity index (χ0n) is 15.0. The minimum Gasteiger partial charge on any atom is -0.497 e. The smallest absolute Gasteiger partial charge is 0.237 e. The second-order valence-corrected chi connectivity index (χ2v) is 7.12. The van der Waals surface area contributed by atoms with E-state index in [2.05, 4.69) is 5.32 Å². The predicted octanol–water partition coefficient (Wildman–Crippen LogP) is 2.67. The molecule has 0 radical (unpaired) electrons. The first-order valence-corrected chi connectivity index (χ1v) is 8.86. The van der Waals surface area contributed by atoms with Gasteiger partial charge in [0.2, 0.25) is 11.8 Å². The van der Waals surface area contributed by atoms with Crippen LogP contribution in [-0.4, -0.2) is 36.9 Å². The van der Waals surface area contributed by atoms with E-state index in [1.165, 1.54) is 0 Å². The van der Waals surface area contributed by atoms with Crippen LogP contribution in [0.15, 0.2) is 42.5 Å². The van der Waals surface area contributed by atoms with Crippen molar-refractivity contribution in [2.75, 3.05) is 25.5 Å². The molecule has 2 amide bonds. The van der Waals surface area contributed by atoms with E-state index in [-0.39, 0.29) is 11.8 Å². The molecule has 0 aromatic heterocycles. The fourth-order valence-corrected chi connectivity index (χ4v) is 4.03. The normalized spacial score (nSPS) is 21.0. The number of methoxy groups -OCH3 is 1. The monoisotopic (exact) mass is 350 g/mol. The zero-order chi connectivity index (χ0) is 18.3. The van der Waals surface area contributed by atoms with E-state index in [1.54, 1.807) is 7.11 Å². The number of nitrogens with zero attached hydrogens (tertiary/aromatic N) is 1. The van der Waals surface area contributed by atoms with E-state index in [0.717, 1.165) is 28.1 Å². The highest BCUT2D eigenvalue weighted by atomic mass is 16.5. The Bertz CT molecular complexity index is 893. The van der Waals surface area contributed by atoms with Crippen molar-refractivity contribution in [1.29, 1.82) is 0 Å². The fraction of sp³-hybridized carbons (Fsp3) is 0.333. The van der Waals surface area contributed by atoms with E-state index in [9.17, 15) is 9.59 Å². The molecule has 1 spiro atoms. The molecule has 1 saturated heterocycles. The first kappa shape index (κ1) is 16.6. The van der Waals surface area contributed by atoms with Crippen molar-refractivity contribution in [3.8, 4) is 5.75 Å². The molecule has 2 heterocycles. The van der Waals surface area contributed by atoms with Gasteiger partial charge in [-0.2, -0.15) is 0 Å². The lowest BCUT2D eigenvalue weighted by Gasteiger charge is -2.23. The molecule has 1 N–H and O–H groups in total. The summed E-state index contributed by atoms with van der Waals surface area (Å²) in [6.45, 7) is 3.03. The summed E-state index contributed by atoms with van der Waals surface area (Å²) in [6.07, 6.45) is 1.01. The van der Waals surface area contributed by atoms with Gasteiger partial charge in [0.1, 0.15) is 5.75 Å². The number of carbonyl (C=O) groups is 2. The number of rotatable bonds is 3. The maximum Gasteiger partial charge on any atom is 0.237 e. The van der Waals surface area contributed by atoms with Gasteiger partial charge in [0.15, 0.2) is 0 Å². The molecule has 0 saturated carbocycles. The molecule has 1 atom stereocenters. The number of likely N-dealkylation sites (tertiary alicyclic amines) is 1. The molecule has 2 aliphatic heterocycles. The predicted molar refractivity (Wildman–Crippen MR) is 99.4 cm³/mol. The van der Waals surface area contributed by atoms with Crippen molar-refractivity contribution >= 4 is 17.5 Å². The van der Waals surface area contributed by atoms with Crippen LogP contribution in [0.1, 0.15) is 23.1 Å². The van der Waals surface area contributed by atoms with Gasteiger partial charge in [0, 0.05) is 18.8 Å². The van der Waals surface area contributed by atoms with Gasteiger partial charge >= 0.3 is 0 Å².